The predicted octanol–water partition coefficient (Wildman–Crippen LogP) is 4.21. The molecular weight excluding hydrogens is 312 g/mol. The number of hydrogen-bond acceptors (Lipinski definition) is 2. The molecule has 1 aliphatic carbocycles. The zero-order chi connectivity index (χ0) is 17.6. The first-order valence-electron chi connectivity index (χ1n) is 9.41. The van der Waals surface area contributed by atoms with Gasteiger partial charge in [-0.05, 0) is 49.3 Å². The van der Waals surface area contributed by atoms with Gasteiger partial charge in [-0.1, -0.05) is 26.0 Å². The van der Waals surface area contributed by atoms with Gasteiger partial charge in [0, 0.05) is 36.6 Å². The van der Waals surface area contributed by atoms with Gasteiger partial charge in [0.15, 0.2) is 0 Å². The number of aromatic amines is 1. The summed E-state index contributed by atoms with van der Waals surface area (Å²) in [6.07, 6.45) is 8.82. The van der Waals surface area contributed by atoms with E-state index < -0.39 is 0 Å². The SMILES string of the molecule is CCCNC(=O)N(CCC)c1cccc2c1CCCC2c1cnc[nH]1. The van der Waals surface area contributed by atoms with Crippen LogP contribution >= 0.6 is 0 Å². The smallest absolute Gasteiger partial charge is 0.321 e. The second kappa shape index (κ2) is 8.19. The van der Waals surface area contributed by atoms with Crippen molar-refractivity contribution in [2.24, 2.45) is 0 Å². The molecule has 25 heavy (non-hydrogen) atoms. The van der Waals surface area contributed by atoms with Crippen molar-refractivity contribution in [2.45, 2.75) is 51.9 Å². The summed E-state index contributed by atoms with van der Waals surface area (Å²) in [6, 6.07) is 6.40. The fourth-order valence-corrected chi connectivity index (χ4v) is 3.74. The van der Waals surface area contributed by atoms with Gasteiger partial charge < -0.3 is 10.3 Å². The number of amides is 2. The van der Waals surface area contributed by atoms with Gasteiger partial charge in [0.25, 0.3) is 0 Å². The van der Waals surface area contributed by atoms with Gasteiger partial charge in [-0.3, -0.25) is 4.90 Å². The fraction of sp³-hybridized carbons (Fsp3) is 0.500. The van der Waals surface area contributed by atoms with Crippen molar-refractivity contribution in [3.63, 3.8) is 0 Å². The summed E-state index contributed by atoms with van der Waals surface area (Å²) in [4.78, 5) is 22.1. The molecule has 134 valence electrons. The molecule has 5 nitrogen and oxygen atoms in total. The second-order valence-corrected chi connectivity index (χ2v) is 6.68. The van der Waals surface area contributed by atoms with Gasteiger partial charge in [-0.25, -0.2) is 9.78 Å². The van der Waals surface area contributed by atoms with Crippen LogP contribution in [0.1, 0.15) is 62.3 Å². The van der Waals surface area contributed by atoms with Gasteiger partial charge in [0.05, 0.1) is 6.33 Å². The Morgan fingerprint density at radius 1 is 1.36 bits per heavy atom. The Morgan fingerprint density at radius 3 is 2.96 bits per heavy atom. The number of H-pyrrole nitrogens is 1. The number of nitrogens with one attached hydrogen (secondary N) is 2. The molecule has 1 atom stereocenters. The number of aromatic nitrogens is 2. The zero-order valence-electron chi connectivity index (χ0n) is 15.2. The van der Waals surface area contributed by atoms with Crippen molar-refractivity contribution in [3.8, 4) is 0 Å². The highest BCUT2D eigenvalue weighted by Gasteiger charge is 2.27. The summed E-state index contributed by atoms with van der Waals surface area (Å²) in [6.45, 7) is 5.64. The first-order chi connectivity index (χ1) is 12.3. The summed E-state index contributed by atoms with van der Waals surface area (Å²) < 4.78 is 0. The quantitative estimate of drug-likeness (QED) is 0.827. The van der Waals surface area contributed by atoms with Gasteiger partial charge in [-0.2, -0.15) is 0 Å². The molecule has 1 unspecified atom stereocenters. The largest absolute Gasteiger partial charge is 0.348 e. The van der Waals surface area contributed by atoms with E-state index in [0.29, 0.717) is 12.5 Å². The molecule has 3 rings (SSSR count). The predicted molar refractivity (Wildman–Crippen MR) is 101 cm³/mol. The van der Waals surface area contributed by atoms with Crippen molar-refractivity contribution < 1.29 is 4.79 Å². The van der Waals surface area contributed by atoms with Crippen molar-refractivity contribution >= 4 is 11.7 Å². The van der Waals surface area contributed by atoms with E-state index in [0.717, 1.165) is 50.0 Å². The maximum Gasteiger partial charge on any atom is 0.321 e. The maximum atomic E-state index is 12.7. The minimum atomic E-state index is 0.0146. The molecular formula is C20H28N4O. The molecule has 1 aromatic heterocycles. The molecule has 0 fully saturated rings. The van der Waals surface area contributed by atoms with E-state index in [1.54, 1.807) is 6.33 Å². The Hall–Kier alpha value is -2.30. The third-order valence-electron chi connectivity index (χ3n) is 4.89. The molecule has 0 saturated heterocycles. The number of urea groups is 1. The molecule has 2 N–H and O–H groups in total. The van der Waals surface area contributed by atoms with Gasteiger partial charge >= 0.3 is 6.03 Å². The highest BCUT2D eigenvalue weighted by Crippen LogP contribution is 2.39. The lowest BCUT2D eigenvalue weighted by Gasteiger charge is -2.31. The number of fused-ring (bicyclic) bond motifs is 1. The fourth-order valence-electron chi connectivity index (χ4n) is 3.74. The monoisotopic (exact) mass is 340 g/mol. The summed E-state index contributed by atoms with van der Waals surface area (Å²) in [5, 5.41) is 3.03. The van der Waals surface area contributed by atoms with Crippen LogP contribution in [0.3, 0.4) is 0 Å². The van der Waals surface area contributed by atoms with Crippen LogP contribution < -0.4 is 10.2 Å². The minimum absolute atomic E-state index is 0.0146. The lowest BCUT2D eigenvalue weighted by Crippen LogP contribution is -2.41. The summed E-state index contributed by atoms with van der Waals surface area (Å²) in [7, 11) is 0. The molecule has 1 aromatic carbocycles. The summed E-state index contributed by atoms with van der Waals surface area (Å²) in [5.74, 6) is 0.341. The number of imidazole rings is 1. The number of carbonyl (C=O) groups excluding carboxylic acids is 1. The molecule has 5 heteroatoms. The summed E-state index contributed by atoms with van der Waals surface area (Å²) in [5.41, 5.74) is 4.87. The van der Waals surface area contributed by atoms with E-state index in [-0.39, 0.29) is 6.03 Å². The van der Waals surface area contributed by atoms with E-state index in [2.05, 4.69) is 47.3 Å². The first-order valence-corrected chi connectivity index (χ1v) is 9.41. The Bertz CT molecular complexity index is 696. The van der Waals surface area contributed by atoms with E-state index >= 15 is 0 Å². The number of nitrogens with zero attached hydrogens (tertiary/aromatic N) is 2. The first kappa shape index (κ1) is 17.5. The number of carbonyl (C=O) groups is 1. The molecule has 0 bridgehead atoms. The van der Waals surface area contributed by atoms with Gasteiger partial charge in [-0.15, -0.1) is 0 Å². The topological polar surface area (TPSA) is 61.0 Å². The Balaban J connectivity index is 1.96. The Morgan fingerprint density at radius 2 is 2.24 bits per heavy atom. The Labute approximate surface area is 149 Å². The molecule has 2 aromatic rings. The molecule has 1 aliphatic rings. The van der Waals surface area contributed by atoms with Crippen molar-refractivity contribution in [1.82, 2.24) is 15.3 Å². The summed E-state index contributed by atoms with van der Waals surface area (Å²) >= 11 is 0. The molecule has 0 radical (unpaired) electrons. The average Bonchev–Trinajstić information content (AvgIpc) is 3.18. The maximum absolute atomic E-state index is 12.7. The van der Waals surface area contributed by atoms with Crippen molar-refractivity contribution in [3.05, 3.63) is 47.5 Å². The molecule has 0 aliphatic heterocycles. The molecule has 1 heterocycles. The van der Waals surface area contributed by atoms with Crippen LogP contribution in [0.15, 0.2) is 30.7 Å². The van der Waals surface area contributed by atoms with E-state index in [9.17, 15) is 4.79 Å². The van der Waals surface area contributed by atoms with Crippen LogP contribution in [0, 0.1) is 0 Å². The van der Waals surface area contributed by atoms with Crippen LogP contribution in [0.2, 0.25) is 0 Å². The number of hydrogen-bond donors (Lipinski definition) is 2. The van der Waals surface area contributed by atoms with Crippen molar-refractivity contribution in [2.75, 3.05) is 18.0 Å². The highest BCUT2D eigenvalue weighted by atomic mass is 16.2. The van der Waals surface area contributed by atoms with Crippen LogP contribution in [0.25, 0.3) is 0 Å². The van der Waals surface area contributed by atoms with E-state index in [1.165, 1.54) is 11.1 Å². The molecule has 0 saturated carbocycles. The number of benzene rings is 1. The second-order valence-electron chi connectivity index (χ2n) is 6.68. The number of rotatable bonds is 6. The van der Waals surface area contributed by atoms with Crippen LogP contribution in [0.4, 0.5) is 10.5 Å². The minimum Gasteiger partial charge on any atom is -0.348 e. The van der Waals surface area contributed by atoms with Crippen molar-refractivity contribution in [1.29, 1.82) is 0 Å². The standard InChI is InChI=1S/C20H28N4O/c1-3-11-22-20(25)24(12-4-2)19-10-6-7-15-16(8-5-9-17(15)19)18-13-21-14-23-18/h6-7,10,13-14,16H,3-5,8-9,11-12H2,1-2H3,(H,21,23)(H,22,25). The van der Waals surface area contributed by atoms with Gasteiger partial charge in [0.2, 0.25) is 0 Å². The van der Waals surface area contributed by atoms with Crippen LogP contribution in [0.5, 0.6) is 0 Å². The highest BCUT2D eigenvalue weighted by molar-refractivity contribution is 5.93. The average molecular weight is 340 g/mol. The lowest BCUT2D eigenvalue weighted by atomic mass is 9.80. The molecule has 0 spiro atoms. The Kier molecular flexibility index (Phi) is 5.74. The van der Waals surface area contributed by atoms with Gasteiger partial charge in [0.1, 0.15) is 0 Å². The normalized spacial score (nSPS) is 16.3. The lowest BCUT2D eigenvalue weighted by molar-refractivity contribution is 0.246. The zero-order valence-corrected chi connectivity index (χ0v) is 15.2. The number of anilines is 1. The third-order valence-corrected chi connectivity index (χ3v) is 4.89. The van der Waals surface area contributed by atoms with E-state index in [4.69, 9.17) is 0 Å². The van der Waals surface area contributed by atoms with Crippen LogP contribution in [-0.4, -0.2) is 29.1 Å². The molecule has 2 amide bonds. The van der Waals surface area contributed by atoms with Crippen LogP contribution in [-0.2, 0) is 6.42 Å². The third kappa shape index (κ3) is 3.70. The van der Waals surface area contributed by atoms with E-state index in [1.807, 2.05) is 11.1 Å².